The van der Waals surface area contributed by atoms with Gasteiger partial charge in [0.25, 0.3) is 0 Å². The van der Waals surface area contributed by atoms with Crippen LogP contribution in [0.25, 0.3) is 0 Å². The van der Waals surface area contributed by atoms with Crippen molar-refractivity contribution in [3.8, 4) is 0 Å². The zero-order valence-corrected chi connectivity index (χ0v) is 16.7. The van der Waals surface area contributed by atoms with E-state index in [2.05, 4.69) is 26.6 Å². The molecular formula is C20H23BrN2O3. The van der Waals surface area contributed by atoms with Crippen LogP contribution in [-0.4, -0.2) is 24.5 Å². The maximum absolute atomic E-state index is 12.5. The summed E-state index contributed by atoms with van der Waals surface area (Å²) in [4.78, 5) is 12.5. The summed E-state index contributed by atoms with van der Waals surface area (Å²) in [5.41, 5.74) is 2.75. The van der Waals surface area contributed by atoms with Crippen LogP contribution < -0.4 is 10.6 Å². The second kappa shape index (κ2) is 7.78. The van der Waals surface area contributed by atoms with Crippen molar-refractivity contribution >= 4 is 27.6 Å². The zero-order valence-electron chi connectivity index (χ0n) is 15.1. The van der Waals surface area contributed by atoms with Crippen molar-refractivity contribution in [1.82, 2.24) is 5.32 Å². The van der Waals surface area contributed by atoms with Crippen LogP contribution in [0.2, 0.25) is 0 Å². The topological polar surface area (TPSA) is 59.6 Å². The number of hydrogen-bond acceptors (Lipinski definition) is 3. The molecule has 0 unspecified atom stereocenters. The maximum atomic E-state index is 12.5. The summed E-state index contributed by atoms with van der Waals surface area (Å²) in [5, 5.41) is 5.88. The highest BCUT2D eigenvalue weighted by Gasteiger charge is 2.38. The fraction of sp³-hybridized carbons (Fsp3) is 0.350. The lowest BCUT2D eigenvalue weighted by Crippen LogP contribution is -2.52. The van der Waals surface area contributed by atoms with E-state index in [-0.39, 0.29) is 18.2 Å². The lowest BCUT2D eigenvalue weighted by atomic mass is 10.0. The Morgan fingerprint density at radius 2 is 1.92 bits per heavy atom. The summed E-state index contributed by atoms with van der Waals surface area (Å²) in [6.45, 7) is 6.08. The average Bonchev–Trinajstić information content (AvgIpc) is 2.59. The standard InChI is InChI=1S/C20H23BrN2O3/c1-13-11-15(21)9-10-16(13)22-19(24)23-17-12-25-20(2,3)26-18(17)14-7-5-4-6-8-14/h4-11,17-18H,12H2,1-3H3,(H2,22,23,24)/t17-,18+/m0/s1. The van der Waals surface area contributed by atoms with Gasteiger partial charge in [-0.3, -0.25) is 0 Å². The molecule has 2 aromatic carbocycles. The fourth-order valence-electron chi connectivity index (χ4n) is 2.95. The Labute approximate surface area is 162 Å². The number of hydrogen-bond donors (Lipinski definition) is 2. The van der Waals surface area contributed by atoms with Gasteiger partial charge in [-0.15, -0.1) is 0 Å². The SMILES string of the molecule is Cc1cc(Br)ccc1NC(=O)N[C@H]1COC(C)(C)O[C@@H]1c1ccccc1. The van der Waals surface area contributed by atoms with Crippen molar-refractivity contribution < 1.29 is 14.3 Å². The molecule has 1 fully saturated rings. The number of halogens is 1. The van der Waals surface area contributed by atoms with Gasteiger partial charge in [0.15, 0.2) is 5.79 Å². The number of amides is 2. The van der Waals surface area contributed by atoms with E-state index in [1.807, 2.05) is 69.3 Å². The van der Waals surface area contributed by atoms with Gasteiger partial charge >= 0.3 is 6.03 Å². The highest BCUT2D eigenvalue weighted by atomic mass is 79.9. The largest absolute Gasteiger partial charge is 0.348 e. The summed E-state index contributed by atoms with van der Waals surface area (Å²) in [6.07, 6.45) is -0.281. The number of ether oxygens (including phenoxy) is 2. The second-order valence-electron chi connectivity index (χ2n) is 6.82. The van der Waals surface area contributed by atoms with Crippen molar-refractivity contribution in [3.05, 3.63) is 64.1 Å². The normalized spacial score (nSPS) is 21.8. The summed E-state index contributed by atoms with van der Waals surface area (Å²) in [5.74, 6) is -0.697. The van der Waals surface area contributed by atoms with E-state index in [1.54, 1.807) is 0 Å². The molecule has 2 amide bonds. The number of carbonyl (C=O) groups excluding carboxylic acids is 1. The van der Waals surface area contributed by atoms with Gasteiger partial charge in [-0.1, -0.05) is 46.3 Å². The van der Waals surface area contributed by atoms with E-state index in [4.69, 9.17) is 9.47 Å². The lowest BCUT2D eigenvalue weighted by Gasteiger charge is -2.41. The molecule has 5 nitrogen and oxygen atoms in total. The summed E-state index contributed by atoms with van der Waals surface area (Å²) in [6, 6.07) is 15.0. The minimum atomic E-state index is -0.697. The van der Waals surface area contributed by atoms with Crippen LogP contribution in [0.3, 0.4) is 0 Å². The smallest absolute Gasteiger partial charge is 0.319 e. The van der Waals surface area contributed by atoms with E-state index in [0.717, 1.165) is 21.3 Å². The van der Waals surface area contributed by atoms with E-state index >= 15 is 0 Å². The second-order valence-corrected chi connectivity index (χ2v) is 7.74. The van der Waals surface area contributed by atoms with E-state index in [9.17, 15) is 4.79 Å². The summed E-state index contributed by atoms with van der Waals surface area (Å²) < 4.78 is 12.8. The molecular weight excluding hydrogens is 396 g/mol. The highest BCUT2D eigenvalue weighted by Crippen LogP contribution is 2.33. The Morgan fingerprint density at radius 1 is 1.19 bits per heavy atom. The van der Waals surface area contributed by atoms with E-state index in [1.165, 1.54) is 0 Å². The minimum absolute atomic E-state index is 0.281. The molecule has 1 aliphatic heterocycles. The molecule has 0 aromatic heterocycles. The van der Waals surface area contributed by atoms with Gasteiger partial charge in [-0.2, -0.15) is 0 Å². The first kappa shape index (κ1) is 18.9. The molecule has 0 spiro atoms. The van der Waals surface area contributed by atoms with Gasteiger partial charge in [0, 0.05) is 10.2 Å². The van der Waals surface area contributed by atoms with Crippen molar-refractivity contribution in [1.29, 1.82) is 0 Å². The first-order valence-corrected chi connectivity index (χ1v) is 9.34. The predicted molar refractivity (Wildman–Crippen MR) is 105 cm³/mol. The van der Waals surface area contributed by atoms with Crippen LogP contribution in [0.15, 0.2) is 53.0 Å². The number of rotatable bonds is 3. The predicted octanol–water partition coefficient (Wildman–Crippen LogP) is 4.77. The van der Waals surface area contributed by atoms with Crippen LogP contribution >= 0.6 is 15.9 Å². The number of anilines is 1. The molecule has 1 saturated heterocycles. The van der Waals surface area contributed by atoms with Crippen molar-refractivity contribution in [2.24, 2.45) is 0 Å². The number of urea groups is 1. The monoisotopic (exact) mass is 418 g/mol. The molecule has 2 atom stereocenters. The third kappa shape index (κ3) is 4.63. The first-order chi connectivity index (χ1) is 12.3. The van der Waals surface area contributed by atoms with Crippen LogP contribution in [0, 0.1) is 6.92 Å². The number of nitrogens with one attached hydrogen (secondary N) is 2. The van der Waals surface area contributed by atoms with Crippen molar-refractivity contribution in [2.75, 3.05) is 11.9 Å². The maximum Gasteiger partial charge on any atom is 0.319 e. The van der Waals surface area contributed by atoms with Gasteiger partial charge in [-0.25, -0.2) is 4.79 Å². The van der Waals surface area contributed by atoms with Gasteiger partial charge in [-0.05, 0) is 50.1 Å². The molecule has 1 heterocycles. The molecule has 3 rings (SSSR count). The van der Waals surface area contributed by atoms with E-state index in [0.29, 0.717) is 6.61 Å². The fourth-order valence-corrected chi connectivity index (χ4v) is 3.43. The average molecular weight is 419 g/mol. The molecule has 0 radical (unpaired) electrons. The van der Waals surface area contributed by atoms with Crippen LogP contribution in [0.5, 0.6) is 0 Å². The third-order valence-electron chi connectivity index (χ3n) is 4.27. The molecule has 6 heteroatoms. The first-order valence-electron chi connectivity index (χ1n) is 8.54. The number of aryl methyl sites for hydroxylation is 1. The Bertz CT molecular complexity index is 780. The minimum Gasteiger partial charge on any atom is -0.348 e. The molecule has 26 heavy (non-hydrogen) atoms. The van der Waals surface area contributed by atoms with Gasteiger partial charge < -0.3 is 20.1 Å². The Kier molecular flexibility index (Phi) is 5.65. The molecule has 0 saturated carbocycles. The number of benzene rings is 2. The molecule has 1 aliphatic rings. The van der Waals surface area contributed by atoms with E-state index < -0.39 is 5.79 Å². The van der Waals surface area contributed by atoms with Crippen LogP contribution in [0.4, 0.5) is 10.5 Å². The number of carbonyl (C=O) groups is 1. The van der Waals surface area contributed by atoms with Gasteiger partial charge in [0.1, 0.15) is 6.10 Å². The van der Waals surface area contributed by atoms with Crippen molar-refractivity contribution in [2.45, 2.75) is 38.7 Å². The molecule has 2 aromatic rings. The van der Waals surface area contributed by atoms with Crippen LogP contribution in [0.1, 0.15) is 31.1 Å². The third-order valence-corrected chi connectivity index (χ3v) is 4.76. The Morgan fingerprint density at radius 3 is 2.62 bits per heavy atom. The van der Waals surface area contributed by atoms with Crippen LogP contribution in [-0.2, 0) is 9.47 Å². The Hall–Kier alpha value is -1.89. The Balaban J connectivity index is 1.73. The summed E-state index contributed by atoms with van der Waals surface area (Å²) in [7, 11) is 0. The molecule has 2 N–H and O–H groups in total. The van der Waals surface area contributed by atoms with Crippen molar-refractivity contribution in [3.63, 3.8) is 0 Å². The van der Waals surface area contributed by atoms with Gasteiger partial charge in [0.05, 0.1) is 12.6 Å². The van der Waals surface area contributed by atoms with Gasteiger partial charge in [0.2, 0.25) is 0 Å². The molecule has 0 bridgehead atoms. The highest BCUT2D eigenvalue weighted by molar-refractivity contribution is 9.10. The summed E-state index contributed by atoms with van der Waals surface area (Å²) >= 11 is 3.43. The zero-order chi connectivity index (χ0) is 18.7. The lowest BCUT2D eigenvalue weighted by molar-refractivity contribution is -0.284. The molecule has 138 valence electrons. The quantitative estimate of drug-likeness (QED) is 0.754. The molecule has 0 aliphatic carbocycles.